The summed E-state index contributed by atoms with van der Waals surface area (Å²) in [6.07, 6.45) is 0.840. The van der Waals surface area contributed by atoms with E-state index in [1.54, 1.807) is 7.11 Å². The second-order valence-electron chi connectivity index (χ2n) is 4.85. The molecule has 0 fully saturated rings. The molecule has 0 amide bonds. The van der Waals surface area contributed by atoms with Gasteiger partial charge in [0.05, 0.1) is 18.5 Å². The van der Waals surface area contributed by atoms with E-state index in [2.05, 4.69) is 4.98 Å². The van der Waals surface area contributed by atoms with E-state index in [0.717, 1.165) is 28.9 Å². The SMILES string of the molecule is COc1ccc(-c2ccc(C=O)c(-c3ccccc3)n2)cc1. The van der Waals surface area contributed by atoms with Crippen LogP contribution in [0.2, 0.25) is 0 Å². The molecule has 3 rings (SSSR count). The number of ether oxygens (including phenoxy) is 1. The third-order valence-corrected chi connectivity index (χ3v) is 3.49. The van der Waals surface area contributed by atoms with Crippen LogP contribution in [0, 0.1) is 0 Å². The molecule has 1 aromatic heterocycles. The highest BCUT2D eigenvalue weighted by atomic mass is 16.5. The molecule has 0 saturated carbocycles. The molecule has 0 unspecified atom stereocenters. The Labute approximate surface area is 129 Å². The van der Waals surface area contributed by atoms with Gasteiger partial charge in [0, 0.05) is 16.7 Å². The van der Waals surface area contributed by atoms with Crippen molar-refractivity contribution in [2.45, 2.75) is 0 Å². The highest BCUT2D eigenvalue weighted by Gasteiger charge is 2.09. The van der Waals surface area contributed by atoms with Gasteiger partial charge in [-0.1, -0.05) is 30.3 Å². The van der Waals surface area contributed by atoms with Crippen LogP contribution >= 0.6 is 0 Å². The molecule has 2 aromatic carbocycles. The Bertz CT molecular complexity index is 780. The van der Waals surface area contributed by atoms with Gasteiger partial charge in [-0.3, -0.25) is 4.79 Å². The average Bonchev–Trinajstić information content (AvgIpc) is 2.62. The van der Waals surface area contributed by atoms with Gasteiger partial charge >= 0.3 is 0 Å². The van der Waals surface area contributed by atoms with Gasteiger partial charge in [0.25, 0.3) is 0 Å². The van der Waals surface area contributed by atoms with Crippen LogP contribution in [0.4, 0.5) is 0 Å². The number of hydrogen-bond acceptors (Lipinski definition) is 3. The maximum atomic E-state index is 11.3. The molecule has 108 valence electrons. The number of aromatic nitrogens is 1. The molecule has 0 saturated heterocycles. The molecule has 0 radical (unpaired) electrons. The molecule has 3 nitrogen and oxygen atoms in total. The van der Waals surface area contributed by atoms with E-state index >= 15 is 0 Å². The Morgan fingerprint density at radius 3 is 2.23 bits per heavy atom. The summed E-state index contributed by atoms with van der Waals surface area (Å²) in [6.45, 7) is 0. The van der Waals surface area contributed by atoms with Crippen molar-refractivity contribution in [3.63, 3.8) is 0 Å². The van der Waals surface area contributed by atoms with Gasteiger partial charge < -0.3 is 4.74 Å². The molecule has 0 aliphatic heterocycles. The molecular formula is C19H15NO2. The summed E-state index contributed by atoms with van der Waals surface area (Å²) in [7, 11) is 1.64. The van der Waals surface area contributed by atoms with Crippen molar-refractivity contribution >= 4 is 6.29 Å². The van der Waals surface area contributed by atoms with E-state index in [1.807, 2.05) is 66.7 Å². The van der Waals surface area contributed by atoms with Crippen molar-refractivity contribution in [3.05, 3.63) is 72.3 Å². The first-order chi connectivity index (χ1) is 10.8. The molecule has 1 heterocycles. The van der Waals surface area contributed by atoms with Crippen molar-refractivity contribution in [2.24, 2.45) is 0 Å². The van der Waals surface area contributed by atoms with Crippen molar-refractivity contribution in [1.82, 2.24) is 4.98 Å². The number of hydrogen-bond donors (Lipinski definition) is 0. The summed E-state index contributed by atoms with van der Waals surface area (Å²) < 4.78 is 5.17. The first-order valence-corrected chi connectivity index (χ1v) is 6.98. The first kappa shape index (κ1) is 14.0. The third-order valence-electron chi connectivity index (χ3n) is 3.49. The van der Waals surface area contributed by atoms with E-state index in [-0.39, 0.29) is 0 Å². The van der Waals surface area contributed by atoms with E-state index in [0.29, 0.717) is 11.3 Å². The van der Waals surface area contributed by atoms with Crippen LogP contribution in [0.25, 0.3) is 22.5 Å². The summed E-state index contributed by atoms with van der Waals surface area (Å²) in [6, 6.07) is 21.1. The van der Waals surface area contributed by atoms with Crippen molar-refractivity contribution in [3.8, 4) is 28.3 Å². The van der Waals surface area contributed by atoms with Gasteiger partial charge in [0.2, 0.25) is 0 Å². The lowest BCUT2D eigenvalue weighted by molar-refractivity contribution is 0.112. The summed E-state index contributed by atoms with van der Waals surface area (Å²) >= 11 is 0. The zero-order valence-electron chi connectivity index (χ0n) is 12.2. The lowest BCUT2D eigenvalue weighted by Gasteiger charge is -2.08. The maximum Gasteiger partial charge on any atom is 0.152 e. The Hall–Kier alpha value is -2.94. The molecule has 3 heteroatoms. The summed E-state index contributed by atoms with van der Waals surface area (Å²) in [5, 5.41) is 0. The van der Waals surface area contributed by atoms with E-state index in [9.17, 15) is 4.79 Å². The Kier molecular flexibility index (Phi) is 3.97. The maximum absolute atomic E-state index is 11.3. The number of aldehydes is 1. The minimum Gasteiger partial charge on any atom is -0.497 e. The average molecular weight is 289 g/mol. The van der Waals surface area contributed by atoms with Crippen molar-refractivity contribution in [2.75, 3.05) is 7.11 Å². The smallest absolute Gasteiger partial charge is 0.152 e. The Morgan fingerprint density at radius 1 is 0.864 bits per heavy atom. The van der Waals surface area contributed by atoms with Crippen LogP contribution in [0.1, 0.15) is 10.4 Å². The molecule has 0 aliphatic rings. The normalized spacial score (nSPS) is 10.2. The minimum absolute atomic E-state index is 0.587. The quantitative estimate of drug-likeness (QED) is 0.674. The van der Waals surface area contributed by atoms with Gasteiger partial charge in [-0.05, 0) is 36.4 Å². The fraction of sp³-hybridized carbons (Fsp3) is 0.0526. The summed E-state index contributed by atoms with van der Waals surface area (Å²) in [5.41, 5.74) is 4.02. The topological polar surface area (TPSA) is 39.2 Å². The van der Waals surface area contributed by atoms with Gasteiger partial charge in [-0.25, -0.2) is 4.98 Å². The predicted molar refractivity (Wildman–Crippen MR) is 87.0 cm³/mol. The number of methoxy groups -OCH3 is 1. The van der Waals surface area contributed by atoms with E-state index in [4.69, 9.17) is 4.74 Å². The van der Waals surface area contributed by atoms with Crippen LogP contribution in [0.15, 0.2) is 66.7 Å². The second kappa shape index (κ2) is 6.22. The second-order valence-corrected chi connectivity index (χ2v) is 4.85. The van der Waals surface area contributed by atoms with Gasteiger partial charge in [0.1, 0.15) is 5.75 Å². The number of carbonyl (C=O) groups excluding carboxylic acids is 1. The van der Waals surface area contributed by atoms with Gasteiger partial charge in [0.15, 0.2) is 6.29 Å². The highest BCUT2D eigenvalue weighted by Crippen LogP contribution is 2.26. The standard InChI is InChI=1S/C19H15NO2/c1-22-17-10-7-14(8-11-17)18-12-9-16(13-21)19(20-18)15-5-3-2-4-6-15/h2-13H,1H3. The monoisotopic (exact) mass is 289 g/mol. The molecule has 0 aliphatic carbocycles. The molecule has 3 aromatic rings. The Balaban J connectivity index is 2.08. The number of carbonyl (C=O) groups is 1. The minimum atomic E-state index is 0.587. The number of benzene rings is 2. The largest absolute Gasteiger partial charge is 0.497 e. The van der Waals surface area contributed by atoms with Crippen LogP contribution in [-0.2, 0) is 0 Å². The predicted octanol–water partition coefficient (Wildman–Crippen LogP) is 4.24. The number of nitrogens with zero attached hydrogens (tertiary/aromatic N) is 1. The molecule has 0 N–H and O–H groups in total. The van der Waals surface area contributed by atoms with Gasteiger partial charge in [-0.2, -0.15) is 0 Å². The zero-order valence-corrected chi connectivity index (χ0v) is 12.2. The molecular weight excluding hydrogens is 274 g/mol. The molecule has 22 heavy (non-hydrogen) atoms. The summed E-state index contributed by atoms with van der Waals surface area (Å²) in [5.74, 6) is 0.802. The van der Waals surface area contributed by atoms with Crippen molar-refractivity contribution < 1.29 is 9.53 Å². The van der Waals surface area contributed by atoms with Crippen LogP contribution in [0.3, 0.4) is 0 Å². The Morgan fingerprint density at radius 2 is 1.59 bits per heavy atom. The molecule has 0 spiro atoms. The van der Waals surface area contributed by atoms with E-state index < -0.39 is 0 Å². The van der Waals surface area contributed by atoms with E-state index in [1.165, 1.54) is 0 Å². The number of pyridine rings is 1. The van der Waals surface area contributed by atoms with Gasteiger partial charge in [-0.15, -0.1) is 0 Å². The molecule has 0 bridgehead atoms. The lowest BCUT2D eigenvalue weighted by Crippen LogP contribution is -1.94. The van der Waals surface area contributed by atoms with Crippen LogP contribution < -0.4 is 4.74 Å². The lowest BCUT2D eigenvalue weighted by atomic mass is 10.0. The number of rotatable bonds is 4. The fourth-order valence-corrected chi connectivity index (χ4v) is 2.31. The van der Waals surface area contributed by atoms with Crippen LogP contribution in [0.5, 0.6) is 5.75 Å². The summed E-state index contributed by atoms with van der Waals surface area (Å²) in [4.78, 5) is 15.9. The first-order valence-electron chi connectivity index (χ1n) is 6.98. The third kappa shape index (κ3) is 2.74. The molecule has 0 atom stereocenters. The van der Waals surface area contributed by atoms with Crippen molar-refractivity contribution in [1.29, 1.82) is 0 Å². The highest BCUT2D eigenvalue weighted by molar-refractivity contribution is 5.86. The van der Waals surface area contributed by atoms with Crippen LogP contribution in [-0.4, -0.2) is 18.4 Å². The fourth-order valence-electron chi connectivity index (χ4n) is 2.31. The zero-order chi connectivity index (χ0) is 15.4.